The molecule has 4 heterocycles. The molecule has 1 amide bonds. The third kappa shape index (κ3) is 5.09. The molecule has 2 N–H and O–H groups in total. The second kappa shape index (κ2) is 9.95. The minimum atomic E-state index is -0.417. The van der Waals surface area contributed by atoms with Crippen LogP contribution in [0.5, 0.6) is 5.88 Å². The van der Waals surface area contributed by atoms with E-state index in [4.69, 9.17) is 0 Å². The monoisotopic (exact) mass is 490 g/mol. The van der Waals surface area contributed by atoms with Gasteiger partial charge in [-0.25, -0.2) is 0 Å². The number of hydrogen-bond donors (Lipinski definition) is 2. The summed E-state index contributed by atoms with van der Waals surface area (Å²) in [7, 11) is 0. The van der Waals surface area contributed by atoms with Gasteiger partial charge in [0.05, 0.1) is 11.3 Å². The van der Waals surface area contributed by atoms with Crippen molar-refractivity contribution in [1.29, 1.82) is 0 Å². The van der Waals surface area contributed by atoms with Crippen molar-refractivity contribution in [3.8, 4) is 5.88 Å². The Morgan fingerprint density at radius 2 is 1.94 bits per heavy atom. The van der Waals surface area contributed by atoms with Crippen LogP contribution in [0.15, 0.2) is 69.4 Å². The number of piperidine rings is 1. The van der Waals surface area contributed by atoms with Gasteiger partial charge in [-0.15, -0.1) is 0 Å². The van der Waals surface area contributed by atoms with Crippen molar-refractivity contribution in [2.75, 3.05) is 18.8 Å². The van der Waals surface area contributed by atoms with Gasteiger partial charge in [-0.3, -0.25) is 14.4 Å². The van der Waals surface area contributed by atoms with E-state index in [2.05, 4.69) is 9.97 Å². The van der Waals surface area contributed by atoms with Gasteiger partial charge in [0, 0.05) is 43.7 Å². The Bertz CT molecular complexity index is 1380. The number of benzene rings is 1. The van der Waals surface area contributed by atoms with Crippen molar-refractivity contribution < 1.29 is 9.90 Å². The number of likely N-dealkylation sites (tertiary alicyclic amines) is 1. The average Bonchev–Trinajstić information content (AvgIpc) is 2.85. The molecular formula is C26H26N4O4S. The summed E-state index contributed by atoms with van der Waals surface area (Å²) in [5.74, 6) is 0.136. The molecule has 2 aromatic heterocycles. The third-order valence-electron chi connectivity index (χ3n) is 6.57. The molecule has 0 spiro atoms. The van der Waals surface area contributed by atoms with Crippen LogP contribution in [0.2, 0.25) is 0 Å². The minimum Gasteiger partial charge on any atom is -0.493 e. The summed E-state index contributed by atoms with van der Waals surface area (Å²) in [6.07, 6.45) is 4.90. The highest BCUT2D eigenvalue weighted by Crippen LogP contribution is 2.35. The zero-order chi connectivity index (χ0) is 24.4. The number of fused-ring (bicyclic) bond motifs is 4. The second-order valence-electron chi connectivity index (χ2n) is 8.98. The Hall–Kier alpha value is -3.59. The first-order chi connectivity index (χ1) is 17.0. The zero-order valence-corrected chi connectivity index (χ0v) is 19.9. The van der Waals surface area contributed by atoms with Crippen molar-refractivity contribution in [3.63, 3.8) is 0 Å². The van der Waals surface area contributed by atoms with E-state index < -0.39 is 5.56 Å². The van der Waals surface area contributed by atoms with Crippen molar-refractivity contribution in [3.05, 3.63) is 92.1 Å². The number of hydrogen-bond acceptors (Lipinski definition) is 6. The summed E-state index contributed by atoms with van der Waals surface area (Å²) >= 11 is 1.10. The highest BCUT2D eigenvalue weighted by atomic mass is 32.2. The lowest BCUT2D eigenvalue weighted by molar-refractivity contribution is -0.131. The van der Waals surface area contributed by atoms with Crippen LogP contribution in [0.3, 0.4) is 0 Å². The van der Waals surface area contributed by atoms with Gasteiger partial charge in [0.1, 0.15) is 0 Å². The summed E-state index contributed by atoms with van der Waals surface area (Å²) in [5.41, 5.74) is 1.78. The van der Waals surface area contributed by atoms with E-state index in [9.17, 15) is 19.5 Å². The van der Waals surface area contributed by atoms with E-state index in [0.717, 1.165) is 29.4 Å². The molecule has 2 aliphatic heterocycles. The Morgan fingerprint density at radius 1 is 1.11 bits per heavy atom. The fourth-order valence-corrected chi connectivity index (χ4v) is 5.68. The number of nitrogens with zero attached hydrogens (tertiary/aromatic N) is 3. The SMILES string of the molecule is O=C(CSc1nc(O)c(CC=Cc2ccccc2)c(=O)[nH]1)N1CC2C[C@@H](C1)c1cccc(=O)n1C2. The van der Waals surface area contributed by atoms with E-state index in [1.54, 1.807) is 18.2 Å². The molecule has 0 radical (unpaired) electrons. The van der Waals surface area contributed by atoms with Crippen LogP contribution in [0, 0.1) is 5.92 Å². The summed E-state index contributed by atoms with van der Waals surface area (Å²) in [6.45, 7) is 1.81. The van der Waals surface area contributed by atoms with E-state index in [1.807, 2.05) is 51.9 Å². The highest BCUT2D eigenvalue weighted by Gasteiger charge is 2.36. The van der Waals surface area contributed by atoms with E-state index in [1.165, 1.54) is 0 Å². The number of allylic oxidation sites excluding steroid dienone is 1. The van der Waals surface area contributed by atoms with E-state index in [0.29, 0.717) is 19.6 Å². The molecule has 2 atom stereocenters. The molecule has 0 saturated carbocycles. The second-order valence-corrected chi connectivity index (χ2v) is 9.94. The summed E-state index contributed by atoms with van der Waals surface area (Å²) in [6, 6.07) is 15.0. The van der Waals surface area contributed by atoms with Gasteiger partial charge >= 0.3 is 0 Å². The van der Waals surface area contributed by atoms with Gasteiger partial charge in [-0.05, 0) is 24.0 Å². The number of aromatic nitrogens is 3. The predicted octanol–water partition coefficient (Wildman–Crippen LogP) is 2.63. The summed E-state index contributed by atoms with van der Waals surface area (Å²) < 4.78 is 1.84. The Labute approximate surface area is 206 Å². The molecule has 2 bridgehead atoms. The van der Waals surface area contributed by atoms with Gasteiger partial charge in [-0.1, -0.05) is 60.3 Å². The number of pyridine rings is 1. The van der Waals surface area contributed by atoms with Crippen LogP contribution >= 0.6 is 11.8 Å². The molecule has 1 aromatic carbocycles. The molecule has 35 heavy (non-hydrogen) atoms. The average molecular weight is 491 g/mol. The lowest BCUT2D eigenvalue weighted by Crippen LogP contribution is -2.49. The number of thioether (sulfide) groups is 1. The molecule has 1 fully saturated rings. The van der Waals surface area contributed by atoms with Crippen molar-refractivity contribution in [1.82, 2.24) is 19.4 Å². The molecule has 3 aromatic rings. The van der Waals surface area contributed by atoms with Crippen LogP contribution in [0.4, 0.5) is 0 Å². The predicted molar refractivity (Wildman–Crippen MR) is 135 cm³/mol. The molecule has 8 nitrogen and oxygen atoms in total. The standard InChI is InChI=1S/C26H26N4O4S/c31-22-11-5-10-21-19-12-18(14-30(21)22)13-29(15-19)23(32)16-35-26-27-24(33)20(25(34)28-26)9-4-8-17-6-2-1-3-7-17/h1-8,10-11,18-19H,9,12-16H2,(H2,27,28,33,34)/t18?,19-/m0/s1. The van der Waals surface area contributed by atoms with E-state index >= 15 is 0 Å². The zero-order valence-electron chi connectivity index (χ0n) is 19.1. The number of carbonyl (C=O) groups excluding carboxylic acids is 1. The van der Waals surface area contributed by atoms with Gasteiger partial charge in [0.25, 0.3) is 11.1 Å². The van der Waals surface area contributed by atoms with Crippen LogP contribution in [0.25, 0.3) is 6.08 Å². The van der Waals surface area contributed by atoms with Gasteiger partial charge in [-0.2, -0.15) is 4.98 Å². The molecule has 1 unspecified atom stereocenters. The molecule has 5 rings (SSSR count). The van der Waals surface area contributed by atoms with Crippen LogP contribution in [-0.2, 0) is 17.8 Å². The van der Waals surface area contributed by atoms with Crippen molar-refractivity contribution >= 4 is 23.7 Å². The van der Waals surface area contributed by atoms with Gasteiger partial charge in [0.15, 0.2) is 5.16 Å². The topological polar surface area (TPSA) is 108 Å². The Kier molecular flexibility index (Phi) is 6.59. The van der Waals surface area contributed by atoms with Crippen molar-refractivity contribution in [2.24, 2.45) is 5.92 Å². The highest BCUT2D eigenvalue weighted by molar-refractivity contribution is 7.99. The minimum absolute atomic E-state index is 0.0152. The lowest BCUT2D eigenvalue weighted by Gasteiger charge is -2.42. The number of amides is 1. The fourth-order valence-electron chi connectivity index (χ4n) is 4.92. The maximum absolute atomic E-state index is 12.9. The van der Waals surface area contributed by atoms with Crippen LogP contribution in [-0.4, -0.2) is 49.3 Å². The normalized spacial score (nSPS) is 19.0. The maximum atomic E-state index is 12.9. The van der Waals surface area contributed by atoms with Gasteiger partial charge in [0.2, 0.25) is 11.8 Å². The molecular weight excluding hydrogens is 464 g/mol. The maximum Gasteiger partial charge on any atom is 0.258 e. The van der Waals surface area contributed by atoms with Crippen LogP contribution in [0.1, 0.15) is 29.2 Å². The largest absolute Gasteiger partial charge is 0.493 e. The first-order valence-electron chi connectivity index (χ1n) is 11.6. The van der Waals surface area contributed by atoms with E-state index in [-0.39, 0.29) is 52.1 Å². The number of aromatic amines is 1. The first kappa shape index (κ1) is 23.2. The lowest BCUT2D eigenvalue weighted by atomic mass is 9.83. The Morgan fingerprint density at radius 3 is 2.74 bits per heavy atom. The number of nitrogens with one attached hydrogen (secondary N) is 1. The fraction of sp³-hybridized carbons (Fsp3) is 0.308. The smallest absolute Gasteiger partial charge is 0.258 e. The molecule has 9 heteroatoms. The third-order valence-corrected chi connectivity index (χ3v) is 7.43. The number of H-pyrrole nitrogens is 1. The Balaban J connectivity index is 1.21. The first-order valence-corrected chi connectivity index (χ1v) is 12.6. The quantitative estimate of drug-likeness (QED) is 0.406. The summed E-state index contributed by atoms with van der Waals surface area (Å²) in [5, 5.41) is 10.5. The van der Waals surface area contributed by atoms with Crippen molar-refractivity contribution in [2.45, 2.75) is 30.5 Å². The number of aromatic hydroxyl groups is 1. The molecule has 180 valence electrons. The summed E-state index contributed by atoms with van der Waals surface area (Å²) in [4.78, 5) is 46.2. The molecule has 0 aliphatic carbocycles. The van der Waals surface area contributed by atoms with Crippen LogP contribution < -0.4 is 11.1 Å². The molecule has 2 aliphatic rings. The number of carbonyl (C=O) groups is 1. The molecule has 1 saturated heterocycles. The number of rotatable bonds is 6. The van der Waals surface area contributed by atoms with Gasteiger partial charge < -0.3 is 19.6 Å².